The van der Waals surface area contributed by atoms with E-state index in [0.717, 1.165) is 4.47 Å². The van der Waals surface area contributed by atoms with Crippen molar-refractivity contribution in [2.75, 3.05) is 0 Å². The second-order valence-corrected chi connectivity index (χ2v) is 5.47. The molecule has 0 unspecified atom stereocenters. The van der Waals surface area contributed by atoms with Crippen LogP contribution in [-0.4, -0.2) is 16.4 Å². The molecule has 0 aliphatic rings. The molecule has 98 valence electrons. The van der Waals surface area contributed by atoms with Crippen LogP contribution in [0.25, 0.3) is 0 Å². The predicted molar refractivity (Wildman–Crippen MR) is 81.7 cm³/mol. The van der Waals surface area contributed by atoms with Crippen LogP contribution in [0.3, 0.4) is 0 Å². The molecule has 3 nitrogen and oxygen atoms in total. The molecular formula is C13H17BrN2OS. The summed E-state index contributed by atoms with van der Waals surface area (Å²) in [6, 6.07) is 7.22. The number of nitrogens with two attached hydrogens (primary N) is 1. The molecule has 1 aromatic rings. The van der Waals surface area contributed by atoms with Crippen molar-refractivity contribution in [2.45, 2.75) is 32.2 Å². The molecule has 0 bridgehead atoms. The molecule has 0 fully saturated rings. The van der Waals surface area contributed by atoms with E-state index in [-0.39, 0.29) is 5.91 Å². The first kappa shape index (κ1) is 15.1. The van der Waals surface area contributed by atoms with Crippen LogP contribution in [0.2, 0.25) is 0 Å². The Morgan fingerprint density at radius 3 is 2.50 bits per heavy atom. The maximum absolute atomic E-state index is 12.2. The van der Waals surface area contributed by atoms with Crippen LogP contribution in [0.4, 0.5) is 0 Å². The molecule has 0 spiro atoms. The van der Waals surface area contributed by atoms with Gasteiger partial charge in [-0.25, -0.2) is 0 Å². The summed E-state index contributed by atoms with van der Waals surface area (Å²) in [6.07, 6.45) is 1.36. The zero-order valence-electron chi connectivity index (χ0n) is 10.5. The highest BCUT2D eigenvalue weighted by Crippen LogP contribution is 2.18. The number of hydrogen-bond acceptors (Lipinski definition) is 2. The van der Waals surface area contributed by atoms with Crippen LogP contribution >= 0.6 is 28.1 Å². The minimum Gasteiger partial charge on any atom is -0.391 e. The summed E-state index contributed by atoms with van der Waals surface area (Å²) in [5.74, 6) is -0.159. The Hall–Kier alpha value is -0.940. The topological polar surface area (TPSA) is 55.1 Å². The molecule has 5 heteroatoms. The Morgan fingerprint density at radius 1 is 1.44 bits per heavy atom. The molecule has 0 saturated carbocycles. The number of carbonyl (C=O) groups is 1. The van der Waals surface area contributed by atoms with E-state index in [1.165, 1.54) is 0 Å². The van der Waals surface area contributed by atoms with Crippen LogP contribution < -0.4 is 11.1 Å². The average Bonchev–Trinajstić information content (AvgIpc) is 2.35. The second kappa shape index (κ2) is 6.29. The van der Waals surface area contributed by atoms with Crippen LogP contribution in [0.15, 0.2) is 28.7 Å². The first-order valence-electron chi connectivity index (χ1n) is 5.83. The zero-order chi connectivity index (χ0) is 13.8. The summed E-state index contributed by atoms with van der Waals surface area (Å²) in [6.45, 7) is 3.92. The van der Waals surface area contributed by atoms with Gasteiger partial charge in [0.25, 0.3) is 5.91 Å². The molecule has 0 radical (unpaired) electrons. The van der Waals surface area contributed by atoms with E-state index in [1.807, 2.05) is 26.0 Å². The zero-order valence-corrected chi connectivity index (χ0v) is 12.9. The normalized spacial score (nSPS) is 11.1. The number of halogens is 1. The molecule has 1 amide bonds. The number of hydrogen-bond donors (Lipinski definition) is 2. The van der Waals surface area contributed by atoms with Crippen molar-refractivity contribution < 1.29 is 4.79 Å². The van der Waals surface area contributed by atoms with E-state index in [9.17, 15) is 4.79 Å². The highest BCUT2D eigenvalue weighted by atomic mass is 79.9. The van der Waals surface area contributed by atoms with Gasteiger partial charge in [-0.1, -0.05) is 48.1 Å². The molecule has 18 heavy (non-hydrogen) atoms. The molecule has 1 rings (SSSR count). The van der Waals surface area contributed by atoms with E-state index in [0.29, 0.717) is 23.4 Å². The second-order valence-electron chi connectivity index (χ2n) is 4.12. The lowest BCUT2D eigenvalue weighted by Crippen LogP contribution is -2.55. The number of rotatable bonds is 5. The summed E-state index contributed by atoms with van der Waals surface area (Å²) < 4.78 is 0.865. The van der Waals surface area contributed by atoms with Gasteiger partial charge < -0.3 is 11.1 Å². The number of thiocarbonyl (C=S) groups is 1. The molecule has 0 atom stereocenters. The first-order chi connectivity index (χ1) is 8.45. The van der Waals surface area contributed by atoms with Gasteiger partial charge in [0.1, 0.15) is 0 Å². The lowest BCUT2D eigenvalue weighted by atomic mass is 9.92. The summed E-state index contributed by atoms with van der Waals surface area (Å²) in [5, 5.41) is 2.95. The molecule has 0 aliphatic heterocycles. The summed E-state index contributed by atoms with van der Waals surface area (Å²) >= 11 is 8.42. The van der Waals surface area contributed by atoms with Gasteiger partial charge in [-0.05, 0) is 31.0 Å². The highest BCUT2D eigenvalue weighted by Gasteiger charge is 2.31. The Balaban J connectivity index is 2.95. The third-order valence-electron chi connectivity index (χ3n) is 3.12. The fourth-order valence-electron chi connectivity index (χ4n) is 1.76. The van der Waals surface area contributed by atoms with Crippen molar-refractivity contribution in [1.82, 2.24) is 5.32 Å². The fourth-order valence-corrected chi connectivity index (χ4v) is 2.49. The fraction of sp³-hybridized carbons (Fsp3) is 0.385. The van der Waals surface area contributed by atoms with Crippen molar-refractivity contribution in [3.8, 4) is 0 Å². The van der Waals surface area contributed by atoms with Gasteiger partial charge >= 0.3 is 0 Å². The summed E-state index contributed by atoms with van der Waals surface area (Å²) in [4.78, 5) is 12.5. The molecular weight excluding hydrogens is 312 g/mol. The largest absolute Gasteiger partial charge is 0.391 e. The van der Waals surface area contributed by atoms with Crippen molar-refractivity contribution >= 4 is 39.0 Å². The Morgan fingerprint density at radius 2 is 2.06 bits per heavy atom. The van der Waals surface area contributed by atoms with Crippen LogP contribution in [-0.2, 0) is 0 Å². The van der Waals surface area contributed by atoms with Gasteiger partial charge in [0.2, 0.25) is 0 Å². The maximum atomic E-state index is 12.2. The third-order valence-corrected chi connectivity index (χ3v) is 4.00. The number of amides is 1. The number of benzene rings is 1. The van der Waals surface area contributed by atoms with Crippen molar-refractivity contribution in [2.24, 2.45) is 5.73 Å². The van der Waals surface area contributed by atoms with Gasteiger partial charge in [-0.2, -0.15) is 0 Å². The third kappa shape index (κ3) is 3.29. The van der Waals surface area contributed by atoms with Gasteiger partial charge in [-0.15, -0.1) is 0 Å². The molecule has 0 aromatic heterocycles. The van der Waals surface area contributed by atoms with E-state index in [4.69, 9.17) is 18.0 Å². The minimum absolute atomic E-state index is 0.159. The predicted octanol–water partition coefficient (Wildman–Crippen LogP) is 3.02. The van der Waals surface area contributed by atoms with E-state index >= 15 is 0 Å². The monoisotopic (exact) mass is 328 g/mol. The average molecular weight is 329 g/mol. The molecule has 0 saturated heterocycles. The highest BCUT2D eigenvalue weighted by molar-refractivity contribution is 9.10. The Bertz CT molecular complexity index is 458. The van der Waals surface area contributed by atoms with Crippen LogP contribution in [0, 0.1) is 0 Å². The van der Waals surface area contributed by atoms with Gasteiger partial charge in [0.05, 0.1) is 10.5 Å². The number of nitrogens with one attached hydrogen (secondary N) is 1. The maximum Gasteiger partial charge on any atom is 0.252 e. The van der Waals surface area contributed by atoms with Gasteiger partial charge in [-0.3, -0.25) is 4.79 Å². The first-order valence-corrected chi connectivity index (χ1v) is 7.03. The van der Waals surface area contributed by atoms with Crippen LogP contribution in [0.1, 0.15) is 37.0 Å². The Kier molecular flexibility index (Phi) is 5.28. The quantitative estimate of drug-likeness (QED) is 0.817. The standard InChI is InChI=1S/C13H17BrN2OS/c1-3-13(4-2,12(15)18)16-11(17)9-6-5-7-10(14)8-9/h5-8H,3-4H2,1-2H3,(H2,15,18)(H,16,17). The van der Waals surface area contributed by atoms with Crippen molar-refractivity contribution in [3.63, 3.8) is 0 Å². The molecule has 1 aromatic carbocycles. The Labute approximate surface area is 121 Å². The minimum atomic E-state index is -0.602. The van der Waals surface area contributed by atoms with E-state index < -0.39 is 5.54 Å². The molecule has 3 N–H and O–H groups in total. The summed E-state index contributed by atoms with van der Waals surface area (Å²) in [7, 11) is 0. The molecule has 0 aliphatic carbocycles. The molecule has 0 heterocycles. The van der Waals surface area contributed by atoms with E-state index in [1.54, 1.807) is 12.1 Å². The van der Waals surface area contributed by atoms with Crippen LogP contribution in [0.5, 0.6) is 0 Å². The van der Waals surface area contributed by atoms with Crippen molar-refractivity contribution in [1.29, 1.82) is 0 Å². The smallest absolute Gasteiger partial charge is 0.252 e. The van der Waals surface area contributed by atoms with Gasteiger partial charge in [0.15, 0.2) is 0 Å². The lowest BCUT2D eigenvalue weighted by Gasteiger charge is -2.31. The lowest BCUT2D eigenvalue weighted by molar-refractivity contribution is 0.0920. The number of carbonyl (C=O) groups excluding carboxylic acids is 1. The van der Waals surface area contributed by atoms with Gasteiger partial charge in [0, 0.05) is 10.0 Å². The van der Waals surface area contributed by atoms with Crippen molar-refractivity contribution in [3.05, 3.63) is 34.3 Å². The summed E-state index contributed by atoms with van der Waals surface area (Å²) in [5.41, 5.74) is 5.74. The van der Waals surface area contributed by atoms with E-state index in [2.05, 4.69) is 21.2 Å². The SMILES string of the molecule is CCC(CC)(NC(=O)c1cccc(Br)c1)C(N)=S.